The summed E-state index contributed by atoms with van der Waals surface area (Å²) in [6.45, 7) is 3.77. The lowest BCUT2D eigenvalue weighted by Crippen LogP contribution is -2.04. The standard InChI is InChI=1S/C14H12Cl2N4/c1-3-12-19-13(16)8(2)14(20-12)18-11-6-10(15)5-4-9(11)7-17/h4-6H,3H2,1-2H3,(H,18,19,20). The summed E-state index contributed by atoms with van der Waals surface area (Å²) < 4.78 is 0. The van der Waals surface area contributed by atoms with E-state index in [0.29, 0.717) is 39.5 Å². The first-order valence-corrected chi connectivity index (χ1v) is 6.80. The summed E-state index contributed by atoms with van der Waals surface area (Å²) in [5.74, 6) is 1.23. The molecule has 2 rings (SSSR count). The second kappa shape index (κ2) is 6.08. The molecule has 20 heavy (non-hydrogen) atoms. The molecule has 102 valence electrons. The lowest BCUT2D eigenvalue weighted by Gasteiger charge is -2.12. The third-order valence-electron chi connectivity index (χ3n) is 2.80. The molecule has 2 aromatic rings. The van der Waals surface area contributed by atoms with Crippen molar-refractivity contribution < 1.29 is 0 Å². The van der Waals surface area contributed by atoms with Crippen LogP contribution in [-0.4, -0.2) is 9.97 Å². The van der Waals surface area contributed by atoms with E-state index in [0.717, 1.165) is 5.56 Å². The van der Waals surface area contributed by atoms with Gasteiger partial charge in [-0.25, -0.2) is 9.97 Å². The number of anilines is 2. The summed E-state index contributed by atoms with van der Waals surface area (Å²) in [6, 6.07) is 7.12. The van der Waals surface area contributed by atoms with Crippen molar-refractivity contribution in [3.63, 3.8) is 0 Å². The zero-order chi connectivity index (χ0) is 14.7. The Hall–Kier alpha value is -1.83. The molecule has 4 nitrogen and oxygen atoms in total. The molecule has 0 atom stereocenters. The number of aromatic nitrogens is 2. The van der Waals surface area contributed by atoms with Crippen LogP contribution in [0.1, 0.15) is 23.9 Å². The van der Waals surface area contributed by atoms with Crippen LogP contribution in [0.2, 0.25) is 10.2 Å². The van der Waals surface area contributed by atoms with Gasteiger partial charge in [0.25, 0.3) is 0 Å². The van der Waals surface area contributed by atoms with E-state index in [1.54, 1.807) is 18.2 Å². The molecule has 0 aliphatic rings. The first-order valence-electron chi connectivity index (χ1n) is 6.04. The van der Waals surface area contributed by atoms with Gasteiger partial charge in [-0.15, -0.1) is 0 Å². The van der Waals surface area contributed by atoms with Crippen LogP contribution in [-0.2, 0) is 6.42 Å². The number of nitrogens with zero attached hydrogens (tertiary/aromatic N) is 3. The van der Waals surface area contributed by atoms with Gasteiger partial charge in [0.2, 0.25) is 0 Å². The van der Waals surface area contributed by atoms with E-state index in [2.05, 4.69) is 21.4 Å². The molecule has 0 aliphatic carbocycles. The maximum Gasteiger partial charge on any atom is 0.138 e. The van der Waals surface area contributed by atoms with Crippen molar-refractivity contribution in [3.8, 4) is 6.07 Å². The zero-order valence-electron chi connectivity index (χ0n) is 11.0. The fraction of sp³-hybridized carbons (Fsp3) is 0.214. The molecule has 0 fully saturated rings. The molecule has 0 spiro atoms. The molecule has 0 saturated carbocycles. The first kappa shape index (κ1) is 14.6. The Labute approximate surface area is 127 Å². The van der Waals surface area contributed by atoms with E-state index in [4.69, 9.17) is 28.5 Å². The van der Waals surface area contributed by atoms with E-state index in [-0.39, 0.29) is 0 Å². The van der Waals surface area contributed by atoms with E-state index in [1.807, 2.05) is 13.8 Å². The number of hydrogen-bond donors (Lipinski definition) is 1. The van der Waals surface area contributed by atoms with Crippen molar-refractivity contribution in [3.05, 3.63) is 45.3 Å². The predicted octanol–water partition coefficient (Wildman–Crippen LogP) is 4.27. The van der Waals surface area contributed by atoms with Gasteiger partial charge in [0, 0.05) is 17.0 Å². The van der Waals surface area contributed by atoms with Gasteiger partial charge in [0.1, 0.15) is 22.9 Å². The molecule has 1 heterocycles. The summed E-state index contributed by atoms with van der Waals surface area (Å²) in [7, 11) is 0. The molecule has 0 bridgehead atoms. The Bertz CT molecular complexity index is 692. The topological polar surface area (TPSA) is 61.6 Å². The van der Waals surface area contributed by atoms with Crippen LogP contribution in [0.5, 0.6) is 0 Å². The SMILES string of the molecule is CCc1nc(Cl)c(C)c(Nc2cc(Cl)ccc2C#N)n1. The van der Waals surface area contributed by atoms with Crippen LogP contribution >= 0.6 is 23.2 Å². The van der Waals surface area contributed by atoms with Crippen LogP contribution in [0.15, 0.2) is 18.2 Å². The highest BCUT2D eigenvalue weighted by Crippen LogP contribution is 2.27. The number of nitrogens with one attached hydrogen (secondary N) is 1. The Balaban J connectivity index is 2.47. The Morgan fingerprint density at radius 3 is 2.70 bits per heavy atom. The molecule has 0 unspecified atom stereocenters. The highest BCUT2D eigenvalue weighted by molar-refractivity contribution is 6.31. The van der Waals surface area contributed by atoms with Crippen molar-refractivity contribution in [2.45, 2.75) is 20.3 Å². The van der Waals surface area contributed by atoms with Gasteiger partial charge in [-0.05, 0) is 25.1 Å². The van der Waals surface area contributed by atoms with Gasteiger partial charge in [-0.1, -0.05) is 30.1 Å². The summed E-state index contributed by atoms with van der Waals surface area (Å²) in [5, 5.41) is 13.2. The number of rotatable bonds is 3. The molecule has 0 radical (unpaired) electrons. The minimum absolute atomic E-state index is 0.403. The van der Waals surface area contributed by atoms with E-state index in [9.17, 15) is 0 Å². The summed E-state index contributed by atoms with van der Waals surface area (Å²) in [6.07, 6.45) is 0.676. The highest BCUT2D eigenvalue weighted by atomic mass is 35.5. The van der Waals surface area contributed by atoms with E-state index in [1.165, 1.54) is 0 Å². The average Bonchev–Trinajstić information content (AvgIpc) is 2.44. The third-order valence-corrected chi connectivity index (χ3v) is 3.41. The minimum atomic E-state index is 0.403. The maximum atomic E-state index is 9.12. The Morgan fingerprint density at radius 2 is 2.05 bits per heavy atom. The molecule has 0 saturated heterocycles. The summed E-state index contributed by atoms with van der Waals surface area (Å²) in [4.78, 5) is 8.57. The number of halogens is 2. The van der Waals surface area contributed by atoms with Gasteiger partial charge in [0.15, 0.2) is 0 Å². The van der Waals surface area contributed by atoms with Gasteiger partial charge in [-0.3, -0.25) is 0 Å². The van der Waals surface area contributed by atoms with Gasteiger partial charge in [-0.2, -0.15) is 5.26 Å². The van der Waals surface area contributed by atoms with Crippen molar-refractivity contribution in [2.75, 3.05) is 5.32 Å². The average molecular weight is 307 g/mol. The summed E-state index contributed by atoms with van der Waals surface area (Å²) >= 11 is 12.0. The molecule has 1 N–H and O–H groups in total. The maximum absolute atomic E-state index is 9.12. The van der Waals surface area contributed by atoms with E-state index >= 15 is 0 Å². The van der Waals surface area contributed by atoms with Crippen molar-refractivity contribution in [1.82, 2.24) is 9.97 Å². The molecule has 1 aromatic carbocycles. The number of hydrogen-bond acceptors (Lipinski definition) is 4. The van der Waals surface area contributed by atoms with Crippen molar-refractivity contribution >= 4 is 34.7 Å². The van der Waals surface area contributed by atoms with Crippen LogP contribution in [0.3, 0.4) is 0 Å². The largest absolute Gasteiger partial charge is 0.339 e. The molecule has 0 aliphatic heterocycles. The number of nitriles is 1. The minimum Gasteiger partial charge on any atom is -0.339 e. The number of aryl methyl sites for hydroxylation is 1. The second-order valence-electron chi connectivity index (χ2n) is 4.18. The van der Waals surface area contributed by atoms with Crippen molar-refractivity contribution in [1.29, 1.82) is 5.26 Å². The molecular weight excluding hydrogens is 295 g/mol. The lowest BCUT2D eigenvalue weighted by atomic mass is 10.2. The smallest absolute Gasteiger partial charge is 0.138 e. The fourth-order valence-corrected chi connectivity index (χ4v) is 2.02. The molecule has 6 heteroatoms. The summed E-state index contributed by atoms with van der Waals surface area (Å²) in [5.41, 5.74) is 1.81. The van der Waals surface area contributed by atoms with Gasteiger partial charge in [0.05, 0.1) is 11.3 Å². The quantitative estimate of drug-likeness (QED) is 0.860. The zero-order valence-corrected chi connectivity index (χ0v) is 12.5. The fourth-order valence-electron chi connectivity index (χ4n) is 1.66. The molecule has 1 aromatic heterocycles. The van der Waals surface area contributed by atoms with Crippen LogP contribution in [0.25, 0.3) is 0 Å². The van der Waals surface area contributed by atoms with Gasteiger partial charge < -0.3 is 5.32 Å². The molecule has 0 amide bonds. The van der Waals surface area contributed by atoms with Crippen molar-refractivity contribution in [2.24, 2.45) is 0 Å². The first-order chi connectivity index (χ1) is 9.55. The van der Waals surface area contributed by atoms with Crippen LogP contribution < -0.4 is 5.32 Å². The Kier molecular flexibility index (Phi) is 4.43. The lowest BCUT2D eigenvalue weighted by molar-refractivity contribution is 0.934. The molecular formula is C14H12Cl2N4. The van der Waals surface area contributed by atoms with Gasteiger partial charge >= 0.3 is 0 Å². The third kappa shape index (κ3) is 3.01. The number of benzene rings is 1. The predicted molar refractivity (Wildman–Crippen MR) is 80.6 cm³/mol. The van der Waals surface area contributed by atoms with Crippen LogP contribution in [0.4, 0.5) is 11.5 Å². The second-order valence-corrected chi connectivity index (χ2v) is 4.98. The highest BCUT2D eigenvalue weighted by Gasteiger charge is 2.11. The van der Waals surface area contributed by atoms with Crippen LogP contribution in [0, 0.1) is 18.3 Å². The Morgan fingerprint density at radius 1 is 1.30 bits per heavy atom. The monoisotopic (exact) mass is 306 g/mol. The van der Waals surface area contributed by atoms with E-state index < -0.39 is 0 Å². The normalized spacial score (nSPS) is 10.2.